The van der Waals surface area contributed by atoms with E-state index in [1.807, 2.05) is 24.3 Å². The number of hydrogen-bond acceptors (Lipinski definition) is 6. The zero-order chi connectivity index (χ0) is 18.6. The number of nitrogens with zero attached hydrogens (tertiary/aromatic N) is 1. The third-order valence-electron chi connectivity index (χ3n) is 4.30. The lowest BCUT2D eigenvalue weighted by molar-refractivity contribution is 0.0414. The van der Waals surface area contributed by atoms with Crippen LogP contribution in [-0.2, 0) is 11.2 Å². The predicted octanol–water partition coefficient (Wildman–Crippen LogP) is 2.74. The van der Waals surface area contributed by atoms with Crippen molar-refractivity contribution < 1.29 is 23.5 Å². The molecule has 7 heteroatoms. The van der Waals surface area contributed by atoms with Crippen LogP contribution in [0.2, 0.25) is 0 Å². The van der Waals surface area contributed by atoms with Gasteiger partial charge in [-0.2, -0.15) is 0 Å². The zero-order valence-electron chi connectivity index (χ0n) is 14.6. The molecular weight excluding hydrogens is 348 g/mol. The lowest BCUT2D eigenvalue weighted by atomic mass is 10.2. The van der Waals surface area contributed by atoms with Gasteiger partial charge in [0.25, 0.3) is 5.91 Å². The molecule has 1 aliphatic rings. The standard InChI is InChI=1S/C20H18N2O5/c23-19-14-12-18(27-17(14)6-3-8-22-19)20(24)26-11-10-25-16-7-9-21-15-5-2-1-4-13(15)16/h1-2,4-5,7,9,12H,3,6,8,10-11H2,(H,22,23). The number of ether oxygens (including phenoxy) is 2. The minimum absolute atomic E-state index is 0.0337. The van der Waals surface area contributed by atoms with Crippen LogP contribution >= 0.6 is 0 Å². The first kappa shape index (κ1) is 17.1. The second-order valence-electron chi connectivity index (χ2n) is 6.12. The van der Waals surface area contributed by atoms with Crippen LogP contribution < -0.4 is 10.1 Å². The molecule has 0 spiro atoms. The molecule has 27 heavy (non-hydrogen) atoms. The van der Waals surface area contributed by atoms with Gasteiger partial charge in [0, 0.05) is 30.6 Å². The van der Waals surface area contributed by atoms with Crippen LogP contribution in [0.1, 0.15) is 33.1 Å². The molecule has 1 amide bonds. The molecule has 2 aromatic heterocycles. The first-order valence-corrected chi connectivity index (χ1v) is 8.77. The topological polar surface area (TPSA) is 90.7 Å². The number of aryl methyl sites for hydroxylation is 1. The number of aromatic nitrogens is 1. The Bertz CT molecular complexity index is 990. The van der Waals surface area contributed by atoms with E-state index in [-0.39, 0.29) is 24.9 Å². The number of fused-ring (bicyclic) bond motifs is 2. The van der Waals surface area contributed by atoms with Gasteiger partial charge in [0.15, 0.2) is 0 Å². The van der Waals surface area contributed by atoms with E-state index in [1.165, 1.54) is 6.07 Å². The van der Waals surface area contributed by atoms with E-state index in [9.17, 15) is 9.59 Å². The highest BCUT2D eigenvalue weighted by atomic mass is 16.6. The molecule has 0 bridgehead atoms. The molecule has 0 fully saturated rings. The Morgan fingerprint density at radius 3 is 3.04 bits per heavy atom. The monoisotopic (exact) mass is 366 g/mol. The van der Waals surface area contributed by atoms with Crippen molar-refractivity contribution in [3.63, 3.8) is 0 Å². The number of hydrogen-bond donors (Lipinski definition) is 1. The zero-order valence-corrected chi connectivity index (χ0v) is 14.6. The summed E-state index contributed by atoms with van der Waals surface area (Å²) in [5.74, 6) is 0.401. The lowest BCUT2D eigenvalue weighted by Crippen LogP contribution is -2.22. The predicted molar refractivity (Wildman–Crippen MR) is 96.9 cm³/mol. The van der Waals surface area contributed by atoms with Crippen LogP contribution in [0.15, 0.2) is 47.0 Å². The number of rotatable bonds is 5. The van der Waals surface area contributed by atoms with Crippen LogP contribution in [0.3, 0.4) is 0 Å². The Balaban J connectivity index is 1.35. The van der Waals surface area contributed by atoms with E-state index in [4.69, 9.17) is 13.9 Å². The van der Waals surface area contributed by atoms with Crippen molar-refractivity contribution in [1.82, 2.24) is 10.3 Å². The number of pyridine rings is 1. The summed E-state index contributed by atoms with van der Waals surface area (Å²) in [6, 6.07) is 10.9. The van der Waals surface area contributed by atoms with Crippen LogP contribution in [0.5, 0.6) is 5.75 Å². The number of furan rings is 1. The van der Waals surface area contributed by atoms with Gasteiger partial charge in [0.05, 0.1) is 11.1 Å². The molecule has 3 aromatic rings. The van der Waals surface area contributed by atoms with Crippen LogP contribution in [0.25, 0.3) is 10.9 Å². The Labute approximate surface area is 155 Å². The molecule has 1 aliphatic heterocycles. The maximum Gasteiger partial charge on any atom is 0.374 e. The smallest absolute Gasteiger partial charge is 0.374 e. The summed E-state index contributed by atoms with van der Waals surface area (Å²) < 4.78 is 16.4. The van der Waals surface area contributed by atoms with Crippen molar-refractivity contribution >= 4 is 22.8 Å². The van der Waals surface area contributed by atoms with Gasteiger partial charge in [0.2, 0.25) is 5.76 Å². The van der Waals surface area contributed by atoms with E-state index in [0.29, 0.717) is 30.0 Å². The fraction of sp³-hybridized carbons (Fsp3) is 0.250. The van der Waals surface area contributed by atoms with Gasteiger partial charge in [-0.25, -0.2) is 4.79 Å². The molecule has 1 aromatic carbocycles. The van der Waals surface area contributed by atoms with Crippen molar-refractivity contribution in [3.05, 3.63) is 59.7 Å². The largest absolute Gasteiger partial charge is 0.489 e. The summed E-state index contributed by atoms with van der Waals surface area (Å²) in [5.41, 5.74) is 1.24. The van der Waals surface area contributed by atoms with Gasteiger partial charge in [-0.3, -0.25) is 9.78 Å². The number of carbonyl (C=O) groups is 2. The molecule has 0 unspecified atom stereocenters. The quantitative estimate of drug-likeness (QED) is 0.552. The molecule has 0 aliphatic carbocycles. The average molecular weight is 366 g/mol. The van der Waals surface area contributed by atoms with Gasteiger partial charge >= 0.3 is 5.97 Å². The van der Waals surface area contributed by atoms with Crippen molar-refractivity contribution in [1.29, 1.82) is 0 Å². The molecule has 7 nitrogen and oxygen atoms in total. The summed E-state index contributed by atoms with van der Waals surface area (Å²) in [6.07, 6.45) is 3.05. The number of benzene rings is 1. The maximum absolute atomic E-state index is 12.2. The van der Waals surface area contributed by atoms with Gasteiger partial charge in [-0.1, -0.05) is 12.1 Å². The lowest BCUT2D eigenvalue weighted by Gasteiger charge is -2.09. The summed E-state index contributed by atoms with van der Waals surface area (Å²) in [4.78, 5) is 28.4. The van der Waals surface area contributed by atoms with Gasteiger partial charge < -0.3 is 19.2 Å². The van der Waals surface area contributed by atoms with Gasteiger partial charge in [-0.05, 0) is 24.6 Å². The highest BCUT2D eigenvalue weighted by Gasteiger charge is 2.23. The third kappa shape index (κ3) is 3.62. The number of amides is 1. The number of para-hydroxylation sites is 1. The first-order chi connectivity index (χ1) is 13.2. The van der Waals surface area contributed by atoms with Crippen LogP contribution in [-0.4, -0.2) is 36.6 Å². The van der Waals surface area contributed by atoms with Crippen LogP contribution in [0, 0.1) is 0 Å². The van der Waals surface area contributed by atoms with Crippen molar-refractivity contribution in [2.45, 2.75) is 12.8 Å². The minimum atomic E-state index is -0.612. The summed E-state index contributed by atoms with van der Waals surface area (Å²) in [5, 5.41) is 3.66. The van der Waals surface area contributed by atoms with E-state index >= 15 is 0 Å². The van der Waals surface area contributed by atoms with Crippen molar-refractivity contribution in [3.8, 4) is 5.75 Å². The second kappa shape index (κ2) is 7.49. The van der Waals surface area contributed by atoms with E-state index < -0.39 is 5.97 Å². The van der Waals surface area contributed by atoms with Gasteiger partial charge in [0.1, 0.15) is 24.7 Å². The number of carbonyl (C=O) groups excluding carboxylic acids is 2. The minimum Gasteiger partial charge on any atom is -0.489 e. The normalized spacial score (nSPS) is 13.6. The Hall–Kier alpha value is -3.35. The Morgan fingerprint density at radius 2 is 2.11 bits per heavy atom. The van der Waals surface area contributed by atoms with E-state index in [0.717, 1.165) is 17.3 Å². The molecule has 4 rings (SSSR count). The van der Waals surface area contributed by atoms with E-state index in [1.54, 1.807) is 12.3 Å². The molecule has 3 heterocycles. The highest BCUT2D eigenvalue weighted by molar-refractivity contribution is 5.98. The number of esters is 1. The highest BCUT2D eigenvalue weighted by Crippen LogP contribution is 2.23. The fourth-order valence-electron chi connectivity index (χ4n) is 3.01. The molecule has 0 saturated carbocycles. The number of nitrogens with one attached hydrogen (secondary N) is 1. The molecule has 138 valence electrons. The third-order valence-corrected chi connectivity index (χ3v) is 4.30. The summed E-state index contributed by atoms with van der Waals surface area (Å²) >= 11 is 0. The van der Waals surface area contributed by atoms with Crippen molar-refractivity contribution in [2.75, 3.05) is 19.8 Å². The van der Waals surface area contributed by atoms with E-state index in [2.05, 4.69) is 10.3 Å². The van der Waals surface area contributed by atoms with Gasteiger partial charge in [-0.15, -0.1) is 0 Å². The Kier molecular flexibility index (Phi) is 4.74. The molecule has 0 atom stereocenters. The Morgan fingerprint density at radius 1 is 1.22 bits per heavy atom. The summed E-state index contributed by atoms with van der Waals surface area (Å²) in [7, 11) is 0. The maximum atomic E-state index is 12.2. The average Bonchev–Trinajstić information content (AvgIpc) is 3.05. The van der Waals surface area contributed by atoms with Crippen molar-refractivity contribution in [2.24, 2.45) is 0 Å². The SMILES string of the molecule is O=C(OCCOc1ccnc2ccccc12)c1cc2c(o1)CCCNC2=O. The molecule has 0 radical (unpaired) electrons. The fourth-order valence-corrected chi connectivity index (χ4v) is 3.01. The molecule has 0 saturated heterocycles. The first-order valence-electron chi connectivity index (χ1n) is 8.77. The van der Waals surface area contributed by atoms with Crippen LogP contribution in [0.4, 0.5) is 0 Å². The molecule has 1 N–H and O–H groups in total. The molecular formula is C20H18N2O5. The summed E-state index contributed by atoms with van der Waals surface area (Å²) in [6.45, 7) is 0.859. The second-order valence-corrected chi connectivity index (χ2v) is 6.12.